The van der Waals surface area contributed by atoms with Crippen LogP contribution in [0.5, 0.6) is 0 Å². The van der Waals surface area contributed by atoms with E-state index in [-0.39, 0.29) is 11.9 Å². The van der Waals surface area contributed by atoms with E-state index >= 15 is 0 Å². The Morgan fingerprint density at radius 2 is 2.12 bits per heavy atom. The smallest absolute Gasteiger partial charge is 0.309 e. The molecule has 4 heteroatoms. The highest BCUT2D eigenvalue weighted by molar-refractivity contribution is 5.72. The number of nitrogens with one attached hydrogen (secondary N) is 1. The molecular formula is C12H24N2O2. The second kappa shape index (κ2) is 6.86. The van der Waals surface area contributed by atoms with Gasteiger partial charge < -0.3 is 15.0 Å². The summed E-state index contributed by atoms with van der Waals surface area (Å²) in [7, 11) is 3.61. The van der Waals surface area contributed by atoms with E-state index in [4.69, 9.17) is 4.74 Å². The Kier molecular flexibility index (Phi) is 5.77. The van der Waals surface area contributed by atoms with Gasteiger partial charge in [-0.25, -0.2) is 0 Å². The normalized spacial score (nSPS) is 20.7. The first-order chi connectivity index (χ1) is 7.67. The minimum absolute atomic E-state index is 0.00431. The average molecular weight is 228 g/mol. The molecule has 1 N–H and O–H groups in total. The van der Waals surface area contributed by atoms with Gasteiger partial charge in [-0.15, -0.1) is 0 Å². The van der Waals surface area contributed by atoms with Crippen LogP contribution in [0.2, 0.25) is 0 Å². The molecule has 1 aliphatic rings. The van der Waals surface area contributed by atoms with Crippen molar-refractivity contribution in [2.45, 2.75) is 32.2 Å². The number of likely N-dealkylation sites (tertiary alicyclic amines) is 1. The quantitative estimate of drug-likeness (QED) is 0.709. The van der Waals surface area contributed by atoms with Crippen molar-refractivity contribution in [2.24, 2.45) is 5.92 Å². The van der Waals surface area contributed by atoms with Crippen LogP contribution >= 0.6 is 0 Å². The fraction of sp³-hybridized carbons (Fsp3) is 0.917. The summed E-state index contributed by atoms with van der Waals surface area (Å²) in [6.45, 7) is 5.06. The number of piperidine rings is 1. The summed E-state index contributed by atoms with van der Waals surface area (Å²) in [5, 5.41) is 3.48. The van der Waals surface area contributed by atoms with Gasteiger partial charge in [0.1, 0.15) is 0 Å². The van der Waals surface area contributed by atoms with E-state index in [0.29, 0.717) is 6.04 Å². The summed E-state index contributed by atoms with van der Waals surface area (Å²) in [6, 6.07) is 0.565. The van der Waals surface area contributed by atoms with Crippen molar-refractivity contribution in [1.82, 2.24) is 10.2 Å². The molecule has 1 heterocycles. The Morgan fingerprint density at radius 1 is 1.50 bits per heavy atom. The predicted molar refractivity (Wildman–Crippen MR) is 64.3 cm³/mol. The van der Waals surface area contributed by atoms with Gasteiger partial charge >= 0.3 is 5.97 Å². The van der Waals surface area contributed by atoms with Crippen molar-refractivity contribution in [3.63, 3.8) is 0 Å². The summed E-state index contributed by atoms with van der Waals surface area (Å²) in [4.78, 5) is 13.7. The fourth-order valence-corrected chi connectivity index (χ4v) is 2.08. The zero-order chi connectivity index (χ0) is 12.0. The molecule has 0 aromatic heterocycles. The van der Waals surface area contributed by atoms with Crippen LogP contribution in [0, 0.1) is 5.92 Å². The van der Waals surface area contributed by atoms with E-state index in [1.54, 1.807) is 0 Å². The molecule has 1 fully saturated rings. The maximum Gasteiger partial charge on any atom is 0.309 e. The Labute approximate surface area is 98.3 Å². The van der Waals surface area contributed by atoms with Crippen LogP contribution in [0.4, 0.5) is 0 Å². The molecule has 1 unspecified atom stereocenters. The molecule has 16 heavy (non-hydrogen) atoms. The highest BCUT2D eigenvalue weighted by Crippen LogP contribution is 2.10. The van der Waals surface area contributed by atoms with Gasteiger partial charge in [0.25, 0.3) is 0 Å². The Hall–Kier alpha value is -0.610. The molecule has 0 saturated carbocycles. The fourth-order valence-electron chi connectivity index (χ4n) is 2.08. The standard InChI is InChI=1S/C12H24N2O2/c1-4-10(12(15)16-3)9-13-11-5-7-14(2)8-6-11/h10-11,13H,4-9H2,1-3H3. The number of carbonyl (C=O) groups excluding carboxylic acids is 1. The lowest BCUT2D eigenvalue weighted by atomic mass is 10.0. The van der Waals surface area contributed by atoms with Gasteiger partial charge in [0.15, 0.2) is 0 Å². The van der Waals surface area contributed by atoms with E-state index in [1.165, 1.54) is 20.0 Å². The van der Waals surface area contributed by atoms with E-state index in [1.807, 2.05) is 6.92 Å². The van der Waals surface area contributed by atoms with Crippen LogP contribution in [0.25, 0.3) is 0 Å². The zero-order valence-corrected chi connectivity index (χ0v) is 10.7. The molecule has 0 aromatic rings. The highest BCUT2D eigenvalue weighted by atomic mass is 16.5. The SMILES string of the molecule is CCC(CNC1CCN(C)CC1)C(=O)OC. The van der Waals surface area contributed by atoms with Gasteiger partial charge in [0, 0.05) is 12.6 Å². The molecule has 94 valence electrons. The van der Waals surface area contributed by atoms with E-state index in [0.717, 1.165) is 26.1 Å². The third-order valence-corrected chi connectivity index (χ3v) is 3.40. The van der Waals surface area contributed by atoms with E-state index < -0.39 is 0 Å². The van der Waals surface area contributed by atoms with Crippen LogP contribution in [0.3, 0.4) is 0 Å². The number of hydrogen-bond donors (Lipinski definition) is 1. The van der Waals surface area contributed by atoms with Gasteiger partial charge in [-0.2, -0.15) is 0 Å². The summed E-state index contributed by atoms with van der Waals surface area (Å²) < 4.78 is 4.77. The first-order valence-electron chi connectivity index (χ1n) is 6.17. The topological polar surface area (TPSA) is 41.6 Å². The Morgan fingerprint density at radius 3 is 2.62 bits per heavy atom. The zero-order valence-electron chi connectivity index (χ0n) is 10.7. The van der Waals surface area contributed by atoms with Crippen molar-refractivity contribution >= 4 is 5.97 Å². The second-order valence-electron chi connectivity index (χ2n) is 4.61. The monoisotopic (exact) mass is 228 g/mol. The van der Waals surface area contributed by atoms with Gasteiger partial charge in [-0.3, -0.25) is 4.79 Å². The van der Waals surface area contributed by atoms with Gasteiger partial charge in [-0.05, 0) is 39.4 Å². The van der Waals surface area contributed by atoms with Gasteiger partial charge in [0.05, 0.1) is 13.0 Å². The largest absolute Gasteiger partial charge is 0.469 e. The molecule has 0 radical (unpaired) electrons. The lowest BCUT2D eigenvalue weighted by Gasteiger charge is -2.30. The highest BCUT2D eigenvalue weighted by Gasteiger charge is 2.20. The Balaban J connectivity index is 2.24. The molecule has 0 aromatic carbocycles. The molecule has 1 atom stereocenters. The van der Waals surface area contributed by atoms with Crippen molar-refractivity contribution < 1.29 is 9.53 Å². The van der Waals surface area contributed by atoms with Crippen LogP contribution in [-0.4, -0.2) is 50.7 Å². The number of carbonyl (C=O) groups is 1. The lowest BCUT2D eigenvalue weighted by Crippen LogP contribution is -2.43. The number of esters is 1. The van der Waals surface area contributed by atoms with Crippen LogP contribution < -0.4 is 5.32 Å². The number of hydrogen-bond acceptors (Lipinski definition) is 4. The lowest BCUT2D eigenvalue weighted by molar-refractivity contribution is -0.145. The first kappa shape index (κ1) is 13.5. The van der Waals surface area contributed by atoms with Crippen LogP contribution in [-0.2, 0) is 9.53 Å². The van der Waals surface area contributed by atoms with Crippen molar-refractivity contribution in [2.75, 3.05) is 33.8 Å². The van der Waals surface area contributed by atoms with Crippen LogP contribution in [0.1, 0.15) is 26.2 Å². The third-order valence-electron chi connectivity index (χ3n) is 3.40. The summed E-state index contributed by atoms with van der Waals surface area (Å²) in [5.41, 5.74) is 0. The van der Waals surface area contributed by atoms with Crippen molar-refractivity contribution in [1.29, 1.82) is 0 Å². The first-order valence-corrected chi connectivity index (χ1v) is 6.17. The molecule has 0 bridgehead atoms. The van der Waals surface area contributed by atoms with E-state index in [9.17, 15) is 4.79 Å². The number of methoxy groups -OCH3 is 1. The molecule has 1 aliphatic heterocycles. The van der Waals surface area contributed by atoms with E-state index in [2.05, 4.69) is 17.3 Å². The second-order valence-corrected chi connectivity index (χ2v) is 4.61. The number of rotatable bonds is 5. The van der Waals surface area contributed by atoms with Gasteiger partial charge in [-0.1, -0.05) is 6.92 Å². The van der Waals surface area contributed by atoms with Crippen molar-refractivity contribution in [3.8, 4) is 0 Å². The predicted octanol–water partition coefficient (Wildman–Crippen LogP) is 0.869. The molecule has 4 nitrogen and oxygen atoms in total. The molecule has 1 saturated heterocycles. The average Bonchev–Trinajstić information content (AvgIpc) is 2.31. The maximum atomic E-state index is 11.4. The Bertz CT molecular complexity index is 213. The third kappa shape index (κ3) is 4.10. The summed E-state index contributed by atoms with van der Waals surface area (Å²) in [6.07, 6.45) is 3.19. The molecule has 0 spiro atoms. The van der Waals surface area contributed by atoms with Gasteiger partial charge in [0.2, 0.25) is 0 Å². The summed E-state index contributed by atoms with van der Waals surface area (Å²) in [5.74, 6) is -0.0902. The van der Waals surface area contributed by atoms with Crippen molar-refractivity contribution in [3.05, 3.63) is 0 Å². The molecule has 1 rings (SSSR count). The number of nitrogens with zero attached hydrogens (tertiary/aromatic N) is 1. The molecule has 0 amide bonds. The molecular weight excluding hydrogens is 204 g/mol. The summed E-state index contributed by atoms with van der Waals surface area (Å²) >= 11 is 0. The molecule has 0 aliphatic carbocycles. The maximum absolute atomic E-state index is 11.4. The van der Waals surface area contributed by atoms with Crippen LogP contribution in [0.15, 0.2) is 0 Å². The number of ether oxygens (including phenoxy) is 1. The minimum atomic E-state index is -0.0945. The minimum Gasteiger partial charge on any atom is -0.469 e.